The van der Waals surface area contributed by atoms with Crippen LogP contribution in [-0.4, -0.2) is 49.4 Å². The number of nitrogens with one attached hydrogen (secondary N) is 2. The van der Waals surface area contributed by atoms with Crippen LogP contribution < -0.4 is 19.5 Å². The van der Waals surface area contributed by atoms with Crippen LogP contribution in [0.15, 0.2) is 36.8 Å². The van der Waals surface area contributed by atoms with Crippen molar-refractivity contribution in [1.29, 1.82) is 0 Å². The van der Waals surface area contributed by atoms with Crippen LogP contribution in [0.2, 0.25) is 0 Å². The Kier molecular flexibility index (Phi) is 7.55. The fourth-order valence-corrected chi connectivity index (χ4v) is 4.33. The Hall–Kier alpha value is -3.51. The largest absolute Gasteiger partial charge is 0.593 e. The molecule has 2 N–H and O–H groups in total. The Morgan fingerprint density at radius 3 is 2.75 bits per heavy atom. The molecular formula is C24H27FN6O4S. The number of carbonyl (C=O) groups excluding carboxylic acids is 1. The van der Waals surface area contributed by atoms with E-state index in [9.17, 15) is 9.35 Å². The van der Waals surface area contributed by atoms with Crippen LogP contribution in [0.5, 0.6) is 11.6 Å². The Bertz CT molecular complexity index is 1260. The van der Waals surface area contributed by atoms with Crippen LogP contribution in [0.25, 0.3) is 11.3 Å². The number of anilines is 2. The number of ether oxygens (including phenoxy) is 2. The lowest BCUT2D eigenvalue weighted by molar-refractivity contribution is -0.120. The van der Waals surface area contributed by atoms with E-state index in [4.69, 9.17) is 9.47 Å². The maximum Gasteiger partial charge on any atom is 0.265 e. The van der Waals surface area contributed by atoms with Crippen LogP contribution in [0.1, 0.15) is 39.3 Å². The van der Waals surface area contributed by atoms with Gasteiger partial charge in [-0.1, -0.05) is 0 Å². The number of benzene rings is 1. The number of hydrogen-bond donors (Lipinski definition) is 2. The molecule has 1 fully saturated rings. The molecule has 1 saturated carbocycles. The number of carbonyl (C=O) groups is 1. The molecule has 2 heterocycles. The highest BCUT2D eigenvalue weighted by Crippen LogP contribution is 2.35. The molecule has 1 unspecified atom stereocenters. The van der Waals surface area contributed by atoms with Crippen molar-refractivity contribution in [2.24, 2.45) is 0 Å². The highest BCUT2D eigenvalue weighted by atomic mass is 32.2. The number of rotatable bonds is 10. The summed E-state index contributed by atoms with van der Waals surface area (Å²) in [5.41, 5.74) is -0.164. The molecule has 1 aliphatic carbocycles. The van der Waals surface area contributed by atoms with Crippen LogP contribution >= 0.6 is 0 Å². The summed E-state index contributed by atoms with van der Waals surface area (Å²) >= 11 is -1.27. The monoisotopic (exact) mass is 514 g/mol. The highest BCUT2D eigenvalue weighted by Gasteiger charge is 2.37. The van der Waals surface area contributed by atoms with Gasteiger partial charge in [-0.05, 0) is 32.9 Å². The first-order valence-corrected chi connectivity index (χ1v) is 12.6. The predicted octanol–water partition coefficient (Wildman–Crippen LogP) is 3.63. The number of amides is 1. The normalized spacial score (nSPS) is 14.2. The second-order valence-corrected chi connectivity index (χ2v) is 10.1. The Morgan fingerprint density at radius 2 is 2.06 bits per heavy atom. The van der Waals surface area contributed by atoms with E-state index in [0.717, 1.165) is 12.8 Å². The number of methoxy groups -OCH3 is 1. The summed E-state index contributed by atoms with van der Waals surface area (Å²) in [4.78, 5) is 30.1. The highest BCUT2D eigenvalue weighted by molar-refractivity contribution is 7.93. The van der Waals surface area contributed by atoms with Crippen molar-refractivity contribution >= 4 is 28.9 Å². The minimum absolute atomic E-state index is 0.103. The molecular weight excluding hydrogens is 487 g/mol. The van der Waals surface area contributed by atoms with E-state index in [2.05, 4.69) is 30.0 Å². The van der Waals surface area contributed by atoms with Gasteiger partial charge in [-0.2, -0.15) is 4.72 Å². The van der Waals surface area contributed by atoms with E-state index in [-0.39, 0.29) is 39.8 Å². The molecule has 0 spiro atoms. The fourth-order valence-electron chi connectivity index (χ4n) is 3.32. The number of halogens is 1. The molecule has 0 saturated heterocycles. The first-order chi connectivity index (χ1) is 17.2. The average molecular weight is 515 g/mol. The fraction of sp³-hybridized carbons (Fsp3) is 0.375. The molecule has 2 aromatic heterocycles. The second-order valence-electron chi connectivity index (χ2n) is 8.65. The number of nitrogens with zero attached hydrogens (tertiary/aromatic N) is 4. The first kappa shape index (κ1) is 25.6. The Balaban J connectivity index is 1.56. The molecule has 0 aliphatic heterocycles. The molecule has 3 aromatic rings. The zero-order valence-electron chi connectivity index (χ0n) is 20.4. The summed E-state index contributed by atoms with van der Waals surface area (Å²) in [7, 11) is 1.42. The van der Waals surface area contributed by atoms with Gasteiger partial charge in [0.2, 0.25) is 11.8 Å². The summed E-state index contributed by atoms with van der Waals surface area (Å²) in [5, 5.41) is 2.84. The molecule has 12 heteroatoms. The summed E-state index contributed by atoms with van der Waals surface area (Å²) in [6.07, 6.45) is 6.15. The maximum atomic E-state index is 15.1. The molecule has 10 nitrogen and oxygen atoms in total. The van der Waals surface area contributed by atoms with Crippen LogP contribution in [0, 0.1) is 5.82 Å². The molecule has 0 bridgehead atoms. The smallest absolute Gasteiger partial charge is 0.265 e. The Labute approximate surface area is 211 Å². The molecule has 0 radical (unpaired) electrons. The molecule has 1 atom stereocenters. The summed E-state index contributed by atoms with van der Waals surface area (Å²) in [5.74, 6) is -0.375. The first-order valence-electron chi connectivity index (χ1n) is 11.4. The maximum absolute atomic E-state index is 15.1. The van der Waals surface area contributed by atoms with Gasteiger partial charge in [-0.15, -0.1) is 0 Å². The predicted molar refractivity (Wildman–Crippen MR) is 134 cm³/mol. The van der Waals surface area contributed by atoms with E-state index >= 15 is 4.39 Å². The van der Waals surface area contributed by atoms with Gasteiger partial charge in [-0.25, -0.2) is 19.3 Å². The molecule has 4 rings (SSSR count). The van der Waals surface area contributed by atoms with Gasteiger partial charge in [0.15, 0.2) is 0 Å². The van der Waals surface area contributed by atoms with Crippen molar-refractivity contribution in [3.8, 4) is 22.9 Å². The van der Waals surface area contributed by atoms with E-state index in [1.54, 1.807) is 19.9 Å². The molecule has 1 amide bonds. The van der Waals surface area contributed by atoms with Crippen LogP contribution in [0.4, 0.5) is 16.0 Å². The quantitative estimate of drug-likeness (QED) is 0.389. The van der Waals surface area contributed by atoms with E-state index < -0.39 is 28.5 Å². The van der Waals surface area contributed by atoms with Gasteiger partial charge >= 0.3 is 0 Å². The summed E-state index contributed by atoms with van der Waals surface area (Å²) < 4.78 is 40.8. The third-order valence-electron chi connectivity index (χ3n) is 5.60. The van der Waals surface area contributed by atoms with Gasteiger partial charge in [0, 0.05) is 30.7 Å². The zero-order valence-corrected chi connectivity index (χ0v) is 21.2. The third-order valence-corrected chi connectivity index (χ3v) is 7.06. The van der Waals surface area contributed by atoms with Gasteiger partial charge in [0.25, 0.3) is 5.95 Å². The number of hydrogen-bond acceptors (Lipinski definition) is 9. The average Bonchev–Trinajstić information content (AvgIpc) is 3.70. The number of aromatic nitrogens is 4. The molecule has 190 valence electrons. The van der Waals surface area contributed by atoms with Crippen molar-refractivity contribution in [2.75, 3.05) is 23.8 Å². The summed E-state index contributed by atoms with van der Waals surface area (Å²) in [6.45, 7) is 5.56. The lowest BCUT2D eigenvalue weighted by atomic mass is 9.88. The second kappa shape index (κ2) is 10.6. The van der Waals surface area contributed by atoms with Crippen molar-refractivity contribution in [1.82, 2.24) is 19.9 Å². The van der Waals surface area contributed by atoms with Crippen molar-refractivity contribution in [3.05, 3.63) is 48.3 Å². The van der Waals surface area contributed by atoms with Crippen molar-refractivity contribution in [3.63, 3.8) is 0 Å². The van der Waals surface area contributed by atoms with Gasteiger partial charge in [-0.3, -0.25) is 9.78 Å². The Morgan fingerprint density at radius 1 is 1.28 bits per heavy atom. The lowest BCUT2D eigenvalue weighted by Crippen LogP contribution is -2.36. The zero-order chi connectivity index (χ0) is 25.9. The minimum Gasteiger partial charge on any atom is -0.593 e. The van der Waals surface area contributed by atoms with Crippen molar-refractivity contribution in [2.45, 2.75) is 44.3 Å². The molecule has 36 heavy (non-hydrogen) atoms. The standard InChI is InChI=1S/C24H27FN6O4S/c1-5-35-21-13-26-12-18(28-21)15-10-19(34-4)17(11-16(15)25)29-22(32)24(2,3)20-8-9-27-23(30-20)31-36(33)14-6-7-14/h8-14H,5-7H2,1-4H3,(H,29,32)(H,27,30,31). The van der Waals surface area contributed by atoms with E-state index in [1.807, 2.05) is 6.92 Å². The van der Waals surface area contributed by atoms with E-state index in [1.165, 1.54) is 37.8 Å². The SMILES string of the molecule is CCOc1cncc(-c2cc(OC)c(NC(=O)C(C)(C)c3ccnc(N[S+]([O-])C4CC4)n3)cc2F)n1. The van der Waals surface area contributed by atoms with Crippen LogP contribution in [-0.2, 0) is 21.6 Å². The van der Waals surface area contributed by atoms with Gasteiger partial charge in [0.05, 0.1) is 60.0 Å². The van der Waals surface area contributed by atoms with Crippen molar-refractivity contribution < 1.29 is 23.2 Å². The molecule has 1 aromatic carbocycles. The lowest BCUT2D eigenvalue weighted by Gasteiger charge is -2.24. The topological polar surface area (TPSA) is 134 Å². The summed E-state index contributed by atoms with van der Waals surface area (Å²) in [6, 6.07) is 4.22. The minimum atomic E-state index is -1.27. The van der Waals surface area contributed by atoms with Gasteiger partial charge in [0.1, 0.15) is 16.8 Å². The third kappa shape index (κ3) is 5.65. The molecule has 1 aliphatic rings. The van der Waals surface area contributed by atoms with E-state index in [0.29, 0.717) is 12.3 Å². The van der Waals surface area contributed by atoms with Gasteiger partial charge < -0.3 is 19.3 Å². The van der Waals surface area contributed by atoms with Crippen LogP contribution in [0.3, 0.4) is 0 Å².